The predicted octanol–water partition coefficient (Wildman–Crippen LogP) is 4.11. The van der Waals surface area contributed by atoms with Crippen molar-refractivity contribution in [2.45, 2.75) is 0 Å². The molecule has 0 radical (unpaired) electrons. The number of aromatic hydroxyl groups is 2. The highest BCUT2D eigenvalue weighted by Crippen LogP contribution is 2.37. The third kappa shape index (κ3) is 3.36. The van der Waals surface area contributed by atoms with Gasteiger partial charge in [-0.05, 0) is 65.1 Å². The molecule has 1 aliphatic heterocycles. The Bertz CT molecular complexity index is 834. The Morgan fingerprint density at radius 3 is 2.48 bits per heavy atom. The van der Waals surface area contributed by atoms with Crippen LogP contribution >= 0.6 is 46.6 Å². The maximum atomic E-state index is 12.6. The average molecular weight is 455 g/mol. The second kappa shape index (κ2) is 6.50. The molecule has 2 N–H and O–H groups in total. The molecule has 23 heavy (non-hydrogen) atoms. The molecule has 0 spiro atoms. The van der Waals surface area contributed by atoms with E-state index in [0.29, 0.717) is 20.5 Å². The normalized spacial score (nSPS) is 16.4. The molecule has 116 valence electrons. The molecule has 7 heteroatoms. The SMILES string of the molecule is O=C1/C(=C/c2ccc(O)cc2O)SC(=S)N1c1ccc(I)cc1. The van der Waals surface area contributed by atoms with E-state index in [9.17, 15) is 15.0 Å². The lowest BCUT2D eigenvalue weighted by Gasteiger charge is -2.14. The number of phenols is 2. The van der Waals surface area contributed by atoms with Crippen LogP contribution in [0, 0.1) is 3.57 Å². The highest BCUT2D eigenvalue weighted by molar-refractivity contribution is 14.1. The van der Waals surface area contributed by atoms with Crippen LogP contribution in [0.2, 0.25) is 0 Å². The minimum Gasteiger partial charge on any atom is -0.508 e. The molecular formula is C16H10INO3S2. The van der Waals surface area contributed by atoms with Gasteiger partial charge < -0.3 is 10.2 Å². The fourth-order valence-corrected chi connectivity index (χ4v) is 3.73. The van der Waals surface area contributed by atoms with Gasteiger partial charge in [0.25, 0.3) is 5.91 Å². The summed E-state index contributed by atoms with van der Waals surface area (Å²) in [5.41, 5.74) is 1.16. The van der Waals surface area contributed by atoms with E-state index in [4.69, 9.17) is 12.2 Å². The van der Waals surface area contributed by atoms with Gasteiger partial charge in [-0.25, -0.2) is 0 Å². The standard InChI is InChI=1S/C16H10INO3S2/c17-10-2-4-11(5-3-10)18-15(21)14(23-16(18)22)7-9-1-6-12(19)8-13(9)20/h1-8,19-20H/b14-7-. The van der Waals surface area contributed by atoms with Crippen LogP contribution in [0.4, 0.5) is 5.69 Å². The van der Waals surface area contributed by atoms with Crippen LogP contribution in [-0.4, -0.2) is 20.4 Å². The van der Waals surface area contributed by atoms with Crippen LogP contribution in [-0.2, 0) is 4.79 Å². The smallest absolute Gasteiger partial charge is 0.270 e. The number of thiocarbonyl (C=S) groups is 1. The summed E-state index contributed by atoms with van der Waals surface area (Å²) in [7, 11) is 0. The molecule has 1 fully saturated rings. The molecule has 1 aliphatic rings. The monoisotopic (exact) mass is 455 g/mol. The van der Waals surface area contributed by atoms with Gasteiger partial charge in [-0.3, -0.25) is 9.69 Å². The molecule has 2 aromatic rings. The molecule has 1 amide bonds. The zero-order valence-electron chi connectivity index (χ0n) is 11.6. The van der Waals surface area contributed by atoms with Crippen LogP contribution in [0.3, 0.4) is 0 Å². The molecule has 0 unspecified atom stereocenters. The topological polar surface area (TPSA) is 60.8 Å². The molecule has 1 heterocycles. The van der Waals surface area contributed by atoms with Crippen LogP contribution in [0.15, 0.2) is 47.4 Å². The molecule has 3 rings (SSSR count). The van der Waals surface area contributed by atoms with Crippen molar-refractivity contribution in [1.29, 1.82) is 0 Å². The van der Waals surface area contributed by atoms with Crippen LogP contribution in [0.25, 0.3) is 6.08 Å². The molecule has 0 bridgehead atoms. The molecule has 0 aliphatic carbocycles. The Hall–Kier alpha value is -1.58. The Balaban J connectivity index is 1.94. The van der Waals surface area contributed by atoms with Crippen molar-refractivity contribution < 1.29 is 15.0 Å². The zero-order chi connectivity index (χ0) is 16.6. The van der Waals surface area contributed by atoms with E-state index in [0.717, 1.165) is 3.57 Å². The van der Waals surface area contributed by atoms with Gasteiger partial charge >= 0.3 is 0 Å². The first kappa shape index (κ1) is 16.3. The van der Waals surface area contributed by atoms with Crippen molar-refractivity contribution in [2.24, 2.45) is 0 Å². The van der Waals surface area contributed by atoms with Gasteiger partial charge in [-0.15, -0.1) is 0 Å². The van der Waals surface area contributed by atoms with Crippen LogP contribution in [0.1, 0.15) is 5.56 Å². The van der Waals surface area contributed by atoms with Gasteiger partial charge in [-0.1, -0.05) is 24.0 Å². The van der Waals surface area contributed by atoms with Gasteiger partial charge in [0.15, 0.2) is 4.32 Å². The molecule has 0 aromatic heterocycles. The summed E-state index contributed by atoms with van der Waals surface area (Å²) in [5.74, 6) is -0.357. The summed E-state index contributed by atoms with van der Waals surface area (Å²) in [6.45, 7) is 0. The number of halogens is 1. The number of benzene rings is 2. The minimum atomic E-state index is -0.228. The maximum Gasteiger partial charge on any atom is 0.270 e. The summed E-state index contributed by atoms with van der Waals surface area (Å²) in [4.78, 5) is 14.5. The maximum absolute atomic E-state index is 12.6. The van der Waals surface area contributed by atoms with E-state index >= 15 is 0 Å². The second-order valence-electron chi connectivity index (χ2n) is 4.74. The number of carbonyl (C=O) groups is 1. The minimum absolute atomic E-state index is 0.0360. The lowest BCUT2D eigenvalue weighted by atomic mass is 10.1. The van der Waals surface area contributed by atoms with Crippen molar-refractivity contribution in [3.8, 4) is 11.5 Å². The third-order valence-corrected chi connectivity index (χ3v) is 5.20. The Morgan fingerprint density at radius 2 is 1.83 bits per heavy atom. The average Bonchev–Trinajstić information content (AvgIpc) is 2.78. The Morgan fingerprint density at radius 1 is 1.13 bits per heavy atom. The van der Waals surface area contributed by atoms with Crippen LogP contribution < -0.4 is 4.90 Å². The first-order valence-corrected chi connectivity index (χ1v) is 8.81. The first-order valence-electron chi connectivity index (χ1n) is 6.51. The molecular weight excluding hydrogens is 445 g/mol. The van der Waals surface area contributed by atoms with Crippen molar-refractivity contribution in [1.82, 2.24) is 0 Å². The van der Waals surface area contributed by atoms with Crippen LogP contribution in [0.5, 0.6) is 11.5 Å². The lowest BCUT2D eigenvalue weighted by molar-refractivity contribution is -0.113. The molecule has 2 aromatic carbocycles. The van der Waals surface area contributed by atoms with Gasteiger partial charge in [0, 0.05) is 15.2 Å². The van der Waals surface area contributed by atoms with E-state index < -0.39 is 0 Å². The number of thioether (sulfide) groups is 1. The van der Waals surface area contributed by atoms with E-state index in [1.165, 1.54) is 28.8 Å². The van der Waals surface area contributed by atoms with Gasteiger partial charge in [0.1, 0.15) is 11.5 Å². The lowest BCUT2D eigenvalue weighted by Crippen LogP contribution is -2.27. The summed E-state index contributed by atoms with van der Waals surface area (Å²) in [5, 5.41) is 19.2. The van der Waals surface area contributed by atoms with Crippen molar-refractivity contribution >= 4 is 68.6 Å². The Labute approximate surface area is 156 Å². The summed E-state index contributed by atoms with van der Waals surface area (Å²) in [6, 6.07) is 11.7. The number of amides is 1. The fraction of sp³-hybridized carbons (Fsp3) is 0. The van der Waals surface area contributed by atoms with Gasteiger partial charge in [-0.2, -0.15) is 0 Å². The molecule has 1 saturated heterocycles. The number of carbonyl (C=O) groups excluding carboxylic acids is 1. The largest absolute Gasteiger partial charge is 0.508 e. The zero-order valence-corrected chi connectivity index (χ0v) is 15.4. The summed E-state index contributed by atoms with van der Waals surface area (Å²) in [6.07, 6.45) is 1.57. The van der Waals surface area contributed by atoms with E-state index in [2.05, 4.69) is 22.6 Å². The van der Waals surface area contributed by atoms with Gasteiger partial charge in [0.05, 0.1) is 10.6 Å². The van der Waals surface area contributed by atoms with E-state index in [1.807, 2.05) is 24.3 Å². The Kier molecular flexibility index (Phi) is 4.60. The number of rotatable bonds is 2. The van der Waals surface area contributed by atoms with Crippen molar-refractivity contribution in [3.63, 3.8) is 0 Å². The predicted molar refractivity (Wildman–Crippen MR) is 105 cm³/mol. The third-order valence-electron chi connectivity index (χ3n) is 3.18. The number of hydrogen-bond donors (Lipinski definition) is 2. The summed E-state index contributed by atoms with van der Waals surface area (Å²) >= 11 is 8.68. The van der Waals surface area contributed by atoms with Crippen molar-refractivity contribution in [2.75, 3.05) is 4.90 Å². The highest BCUT2D eigenvalue weighted by Gasteiger charge is 2.33. The number of hydrogen-bond acceptors (Lipinski definition) is 5. The van der Waals surface area contributed by atoms with Gasteiger partial charge in [0.2, 0.25) is 0 Å². The van der Waals surface area contributed by atoms with E-state index in [-0.39, 0.29) is 17.4 Å². The fourth-order valence-electron chi connectivity index (χ4n) is 2.08. The van der Waals surface area contributed by atoms with Crippen molar-refractivity contribution in [3.05, 3.63) is 56.5 Å². The van der Waals surface area contributed by atoms with E-state index in [1.54, 1.807) is 12.1 Å². The molecule has 0 atom stereocenters. The quantitative estimate of drug-likeness (QED) is 0.406. The number of phenolic OH excluding ortho intramolecular Hbond substituents is 2. The number of anilines is 1. The molecule has 4 nitrogen and oxygen atoms in total. The second-order valence-corrected chi connectivity index (χ2v) is 7.66. The summed E-state index contributed by atoms with van der Waals surface area (Å²) < 4.78 is 1.52. The first-order chi connectivity index (χ1) is 11.0. The highest BCUT2D eigenvalue weighted by atomic mass is 127. The molecule has 0 saturated carbocycles. The number of nitrogens with zero attached hydrogens (tertiary/aromatic N) is 1.